The van der Waals surface area contributed by atoms with Gasteiger partial charge in [0, 0.05) is 11.6 Å². The van der Waals surface area contributed by atoms with E-state index in [0.29, 0.717) is 5.92 Å². The van der Waals surface area contributed by atoms with Crippen molar-refractivity contribution in [3.63, 3.8) is 0 Å². The molecule has 4 aromatic rings. The highest BCUT2D eigenvalue weighted by Gasteiger charge is 2.32. The molecule has 0 atom stereocenters. The zero-order valence-electron chi connectivity index (χ0n) is 15.6. The molecule has 128 valence electrons. The summed E-state index contributed by atoms with van der Waals surface area (Å²) in [6.45, 7) is 6.73. The lowest BCUT2D eigenvalue weighted by atomic mass is 9.85. The highest BCUT2D eigenvalue weighted by atomic mass is 16.5. The van der Waals surface area contributed by atoms with Crippen molar-refractivity contribution < 1.29 is 9.30 Å². The molecular weight excluding hydrogens is 318 g/mol. The van der Waals surface area contributed by atoms with Gasteiger partial charge in [-0.2, -0.15) is 0 Å². The number of pyridine rings is 1. The molecule has 0 N–H and O–H groups in total. The Balaban J connectivity index is 2.05. The standard InChI is InChI=1S/C24H22NO/c1-14(2)20-18-10-6-5-9-17(18)15(3)21-23-22-16(12-13-25(23)4)8-7-11-19(22)26-24(20)21/h5-14H,1-4H3/q+1. The van der Waals surface area contributed by atoms with Crippen LogP contribution in [0.2, 0.25) is 0 Å². The molecule has 0 aliphatic carbocycles. The van der Waals surface area contributed by atoms with Crippen molar-refractivity contribution in [1.82, 2.24) is 0 Å². The Morgan fingerprint density at radius 3 is 2.46 bits per heavy atom. The Bertz CT molecular complexity index is 1200. The summed E-state index contributed by atoms with van der Waals surface area (Å²) in [5, 5.41) is 5.04. The topological polar surface area (TPSA) is 13.1 Å². The van der Waals surface area contributed by atoms with Crippen molar-refractivity contribution in [3.05, 3.63) is 65.9 Å². The highest BCUT2D eigenvalue weighted by molar-refractivity contribution is 6.06. The van der Waals surface area contributed by atoms with Crippen LogP contribution >= 0.6 is 0 Å². The minimum absolute atomic E-state index is 0.379. The van der Waals surface area contributed by atoms with Crippen LogP contribution in [0.5, 0.6) is 11.5 Å². The van der Waals surface area contributed by atoms with Crippen LogP contribution < -0.4 is 9.30 Å². The fourth-order valence-corrected chi connectivity index (χ4v) is 4.45. The highest BCUT2D eigenvalue weighted by Crippen LogP contribution is 2.51. The summed E-state index contributed by atoms with van der Waals surface area (Å²) in [6.07, 6.45) is 2.15. The van der Waals surface area contributed by atoms with Gasteiger partial charge in [0.25, 0.3) is 0 Å². The lowest BCUT2D eigenvalue weighted by molar-refractivity contribution is -0.659. The maximum absolute atomic E-state index is 6.57. The molecule has 0 radical (unpaired) electrons. The van der Waals surface area contributed by atoms with E-state index < -0.39 is 0 Å². The Hall–Kier alpha value is -2.87. The minimum Gasteiger partial charge on any atom is -0.455 e. The van der Waals surface area contributed by atoms with Crippen LogP contribution in [0.4, 0.5) is 0 Å². The maximum atomic E-state index is 6.57. The fourth-order valence-electron chi connectivity index (χ4n) is 4.45. The molecule has 2 heterocycles. The van der Waals surface area contributed by atoms with E-state index in [1.807, 2.05) is 0 Å². The predicted molar refractivity (Wildman–Crippen MR) is 107 cm³/mol. The van der Waals surface area contributed by atoms with Crippen LogP contribution in [0.3, 0.4) is 0 Å². The number of hydrogen-bond donors (Lipinski definition) is 0. The van der Waals surface area contributed by atoms with Crippen molar-refractivity contribution in [2.45, 2.75) is 26.7 Å². The number of rotatable bonds is 1. The first kappa shape index (κ1) is 15.4. The second-order valence-corrected chi connectivity index (χ2v) is 7.54. The van der Waals surface area contributed by atoms with Gasteiger partial charge in [-0.1, -0.05) is 50.2 Å². The monoisotopic (exact) mass is 340 g/mol. The normalized spacial score (nSPS) is 12.5. The summed E-state index contributed by atoms with van der Waals surface area (Å²) >= 11 is 0. The summed E-state index contributed by atoms with van der Waals surface area (Å²) in [5.74, 6) is 2.36. The van der Waals surface area contributed by atoms with E-state index in [1.54, 1.807) is 0 Å². The van der Waals surface area contributed by atoms with E-state index in [1.165, 1.54) is 43.9 Å². The van der Waals surface area contributed by atoms with Gasteiger partial charge in [0.05, 0.1) is 10.9 Å². The third kappa shape index (κ3) is 1.90. The quantitative estimate of drug-likeness (QED) is 0.340. The smallest absolute Gasteiger partial charge is 0.228 e. The van der Waals surface area contributed by atoms with Crippen LogP contribution in [0, 0.1) is 6.92 Å². The van der Waals surface area contributed by atoms with Crippen LogP contribution in [-0.2, 0) is 7.05 Å². The molecule has 2 nitrogen and oxygen atoms in total. The molecule has 3 aromatic carbocycles. The number of fused-ring (bicyclic) bond motifs is 3. The minimum atomic E-state index is 0.379. The van der Waals surface area contributed by atoms with E-state index in [9.17, 15) is 0 Å². The van der Waals surface area contributed by atoms with Crippen molar-refractivity contribution >= 4 is 21.5 Å². The van der Waals surface area contributed by atoms with Crippen molar-refractivity contribution in [2.24, 2.45) is 7.05 Å². The number of nitrogens with zero attached hydrogens (tertiary/aromatic N) is 1. The van der Waals surface area contributed by atoms with Gasteiger partial charge >= 0.3 is 0 Å². The first-order valence-electron chi connectivity index (χ1n) is 9.22. The van der Waals surface area contributed by atoms with Gasteiger partial charge in [-0.15, -0.1) is 0 Å². The van der Waals surface area contributed by atoms with Gasteiger partial charge in [0.1, 0.15) is 18.5 Å². The van der Waals surface area contributed by atoms with E-state index in [0.717, 1.165) is 11.5 Å². The molecule has 1 aliphatic heterocycles. The molecule has 0 saturated heterocycles. The zero-order chi connectivity index (χ0) is 18.0. The fraction of sp³-hybridized carbons (Fsp3) is 0.208. The number of benzene rings is 3. The molecule has 0 bridgehead atoms. The maximum Gasteiger partial charge on any atom is 0.228 e. The molecule has 0 amide bonds. The molecule has 0 saturated carbocycles. The van der Waals surface area contributed by atoms with Crippen LogP contribution in [0.25, 0.3) is 32.8 Å². The third-order valence-corrected chi connectivity index (χ3v) is 5.62. The van der Waals surface area contributed by atoms with E-state index in [-0.39, 0.29) is 0 Å². The summed E-state index contributed by atoms with van der Waals surface area (Å²) in [7, 11) is 2.13. The van der Waals surface area contributed by atoms with Crippen LogP contribution in [0.15, 0.2) is 54.7 Å². The van der Waals surface area contributed by atoms with Crippen molar-refractivity contribution in [2.75, 3.05) is 0 Å². The first-order valence-corrected chi connectivity index (χ1v) is 9.22. The molecule has 0 spiro atoms. The zero-order valence-corrected chi connectivity index (χ0v) is 15.6. The van der Waals surface area contributed by atoms with Gasteiger partial charge < -0.3 is 4.74 Å². The molecule has 26 heavy (non-hydrogen) atoms. The molecule has 0 unspecified atom stereocenters. The molecule has 0 fully saturated rings. The second-order valence-electron chi connectivity index (χ2n) is 7.54. The Morgan fingerprint density at radius 1 is 0.923 bits per heavy atom. The molecular formula is C24H22NO+. The van der Waals surface area contributed by atoms with Crippen LogP contribution in [0.1, 0.15) is 30.9 Å². The van der Waals surface area contributed by atoms with Gasteiger partial charge in [0.15, 0.2) is 6.20 Å². The molecule has 5 rings (SSSR count). The number of ether oxygens (including phenoxy) is 1. The summed E-state index contributed by atoms with van der Waals surface area (Å²) < 4.78 is 8.81. The lowest BCUT2D eigenvalue weighted by Gasteiger charge is -2.26. The largest absolute Gasteiger partial charge is 0.455 e. The summed E-state index contributed by atoms with van der Waals surface area (Å²) in [5.41, 5.74) is 5.08. The Labute approximate surface area is 153 Å². The van der Waals surface area contributed by atoms with Gasteiger partial charge in [-0.05, 0) is 40.6 Å². The van der Waals surface area contributed by atoms with E-state index in [2.05, 4.69) is 87.1 Å². The van der Waals surface area contributed by atoms with Crippen molar-refractivity contribution in [3.8, 4) is 22.8 Å². The van der Waals surface area contributed by atoms with E-state index in [4.69, 9.17) is 4.74 Å². The molecule has 1 aliphatic rings. The Morgan fingerprint density at radius 2 is 1.69 bits per heavy atom. The first-order chi connectivity index (χ1) is 12.6. The number of aromatic nitrogens is 1. The van der Waals surface area contributed by atoms with Gasteiger partial charge in [0.2, 0.25) is 5.69 Å². The van der Waals surface area contributed by atoms with Crippen molar-refractivity contribution in [1.29, 1.82) is 0 Å². The van der Waals surface area contributed by atoms with E-state index >= 15 is 0 Å². The SMILES string of the molecule is Cc1c2c(c(C(C)C)c3ccccc13)Oc1cccc3cc[n+](C)c-2c13. The average Bonchev–Trinajstić information content (AvgIpc) is 2.64. The Kier molecular flexibility index (Phi) is 3.14. The van der Waals surface area contributed by atoms with Gasteiger partial charge in [-0.3, -0.25) is 0 Å². The second kappa shape index (κ2) is 5.31. The lowest BCUT2D eigenvalue weighted by Crippen LogP contribution is -2.32. The third-order valence-electron chi connectivity index (χ3n) is 5.62. The summed E-state index contributed by atoms with van der Waals surface area (Å²) in [4.78, 5) is 0. The molecule has 2 heteroatoms. The number of aryl methyl sites for hydroxylation is 2. The van der Waals surface area contributed by atoms with Crippen LogP contribution in [-0.4, -0.2) is 0 Å². The average molecular weight is 340 g/mol. The summed E-state index contributed by atoms with van der Waals surface area (Å²) in [6, 6.07) is 17.2. The predicted octanol–water partition coefficient (Wildman–Crippen LogP) is 6.02. The number of hydrogen-bond acceptors (Lipinski definition) is 1. The van der Waals surface area contributed by atoms with Gasteiger partial charge in [-0.25, -0.2) is 4.57 Å². The molecule has 1 aromatic heterocycles.